The summed E-state index contributed by atoms with van der Waals surface area (Å²) in [4.78, 5) is 11.1. The number of carbonyl (C=O) groups is 1. The van der Waals surface area contributed by atoms with Crippen molar-refractivity contribution in [3.63, 3.8) is 0 Å². The molecule has 0 spiro atoms. The molecule has 0 aromatic rings. The summed E-state index contributed by atoms with van der Waals surface area (Å²) in [6, 6.07) is 0. The summed E-state index contributed by atoms with van der Waals surface area (Å²) in [5.74, 6) is -0.175. The maximum Gasteiger partial charge on any atom is 0.290 e. The molecule has 0 rings (SSSR count). The third-order valence-corrected chi connectivity index (χ3v) is 1.86. The molecule has 0 aromatic heterocycles. The van der Waals surface area contributed by atoms with Crippen molar-refractivity contribution < 1.29 is 4.79 Å². The number of nitrogens with one attached hydrogen (secondary N) is 1. The highest BCUT2D eigenvalue weighted by Gasteiger charge is 2.08. The van der Waals surface area contributed by atoms with E-state index in [2.05, 4.69) is 5.11 Å². The second-order valence-electron chi connectivity index (χ2n) is 3.27. The quantitative estimate of drug-likeness (QED) is 0.564. The van der Waals surface area contributed by atoms with Gasteiger partial charge in [-0.1, -0.05) is 37.6 Å². The number of hydrogen-bond donors (Lipinski definition) is 1. The maximum absolute atomic E-state index is 11.1. The minimum Gasteiger partial charge on any atom is -0.265 e. The fraction of sp³-hybridized carbons (Fsp3) is 0.500. The Hall–Kier alpha value is -0.960. The lowest BCUT2D eigenvalue weighted by Crippen LogP contribution is -1.98. The van der Waals surface area contributed by atoms with Crippen LogP contribution in [0.25, 0.3) is 0 Å². The zero-order valence-electron chi connectivity index (χ0n) is 8.67. The van der Waals surface area contributed by atoms with Crippen LogP contribution in [0.2, 0.25) is 0 Å². The van der Waals surface area contributed by atoms with E-state index in [0.29, 0.717) is 22.9 Å². The fourth-order valence-corrected chi connectivity index (χ4v) is 1.37. The van der Waals surface area contributed by atoms with Gasteiger partial charge in [-0.3, -0.25) is 4.79 Å². The van der Waals surface area contributed by atoms with Gasteiger partial charge in [0.25, 0.3) is 5.91 Å². The second-order valence-corrected chi connectivity index (χ2v) is 3.75. The van der Waals surface area contributed by atoms with Crippen LogP contribution in [0.4, 0.5) is 0 Å². The molecule has 3 nitrogen and oxygen atoms in total. The summed E-state index contributed by atoms with van der Waals surface area (Å²) in [6.07, 6.45) is 3.87. The molecule has 78 valence electrons. The highest BCUT2D eigenvalue weighted by Crippen LogP contribution is 2.18. The first-order chi connectivity index (χ1) is 6.51. The molecule has 0 radical (unpaired) electrons. The van der Waals surface area contributed by atoms with Gasteiger partial charge in [0.1, 0.15) is 0 Å². The molecule has 0 aliphatic carbocycles. The third-order valence-electron chi connectivity index (χ3n) is 1.60. The molecule has 14 heavy (non-hydrogen) atoms. The summed E-state index contributed by atoms with van der Waals surface area (Å²) in [5, 5.41) is 3.46. The van der Waals surface area contributed by atoms with E-state index in [1.54, 1.807) is 13.0 Å². The molecule has 0 atom stereocenters. The Kier molecular flexibility index (Phi) is 6.04. The summed E-state index contributed by atoms with van der Waals surface area (Å²) >= 11 is 5.92. The number of carbonyl (C=O) groups excluding carboxylic acids is 1. The largest absolute Gasteiger partial charge is 0.290 e. The first kappa shape index (κ1) is 13.0. The highest BCUT2D eigenvalue weighted by molar-refractivity contribution is 6.30. The Bertz CT molecular complexity index is 280. The number of rotatable bonds is 4. The topological polar surface area (TPSA) is 53.3 Å². The molecule has 0 heterocycles. The molecule has 0 aliphatic rings. The van der Waals surface area contributed by atoms with E-state index in [9.17, 15) is 4.79 Å². The number of hydrogen-bond acceptors (Lipinski definition) is 2. The van der Waals surface area contributed by atoms with Gasteiger partial charge in [0.15, 0.2) is 0 Å². The van der Waals surface area contributed by atoms with Crippen LogP contribution >= 0.6 is 11.6 Å². The van der Waals surface area contributed by atoms with E-state index in [1.807, 2.05) is 19.9 Å². The molecular formula is C10H15ClN2O. The molecule has 0 aliphatic heterocycles. The average Bonchev–Trinajstić information content (AvgIpc) is 2.11. The molecule has 4 heteroatoms. The molecule has 0 saturated heterocycles. The summed E-state index contributed by atoms with van der Waals surface area (Å²) in [6.45, 7) is 5.75. The number of allylic oxidation sites excluding steroid dienone is 3. The number of amides is 1. The predicted molar refractivity (Wildman–Crippen MR) is 57.3 cm³/mol. The van der Waals surface area contributed by atoms with Gasteiger partial charge in [0.05, 0.1) is 0 Å². The lowest BCUT2D eigenvalue weighted by atomic mass is 10.1. The molecule has 1 N–H and O–H groups in total. The summed E-state index contributed by atoms with van der Waals surface area (Å²) in [5.41, 5.74) is 7.06. The summed E-state index contributed by atoms with van der Waals surface area (Å²) in [7, 11) is 0. The lowest BCUT2D eigenvalue weighted by Gasteiger charge is -2.02. The van der Waals surface area contributed by atoms with Gasteiger partial charge in [-0.05, 0) is 12.8 Å². The average molecular weight is 215 g/mol. The minimum absolute atomic E-state index is 0.351. The van der Waals surface area contributed by atoms with Crippen LogP contribution in [-0.4, -0.2) is 5.91 Å². The Labute approximate surface area is 89.3 Å². The van der Waals surface area contributed by atoms with Crippen LogP contribution in [0.15, 0.2) is 27.9 Å². The van der Waals surface area contributed by atoms with Gasteiger partial charge >= 0.3 is 0 Å². The minimum atomic E-state index is -0.525. The van der Waals surface area contributed by atoms with Crippen LogP contribution in [-0.2, 0) is 4.79 Å². The molecule has 0 bridgehead atoms. The van der Waals surface area contributed by atoms with E-state index in [4.69, 9.17) is 17.1 Å². The van der Waals surface area contributed by atoms with E-state index >= 15 is 0 Å². The standard InChI is InChI=1S/C10H15ClN2O/c1-4-8(10(14)13-12)6-9(11)5-7(2)3/h4-5,7,12H,6H2,1-3H3/b8-4+,9-5?,13-12?. The molecule has 1 amide bonds. The fourth-order valence-electron chi connectivity index (χ4n) is 0.976. The molecule has 0 aromatic carbocycles. The van der Waals surface area contributed by atoms with Gasteiger partial charge in [-0.2, -0.15) is 0 Å². The Morgan fingerprint density at radius 3 is 2.50 bits per heavy atom. The highest BCUT2D eigenvalue weighted by atomic mass is 35.5. The Morgan fingerprint density at radius 2 is 2.14 bits per heavy atom. The molecule has 0 saturated carbocycles. The van der Waals surface area contributed by atoms with Gasteiger partial charge in [-0.15, -0.1) is 5.11 Å². The summed E-state index contributed by atoms with van der Waals surface area (Å²) < 4.78 is 0. The van der Waals surface area contributed by atoms with Gasteiger partial charge in [0, 0.05) is 17.0 Å². The first-order valence-corrected chi connectivity index (χ1v) is 4.82. The normalized spacial score (nSPS) is 13.2. The smallest absolute Gasteiger partial charge is 0.265 e. The van der Waals surface area contributed by atoms with Gasteiger partial charge in [-0.25, -0.2) is 5.53 Å². The van der Waals surface area contributed by atoms with E-state index < -0.39 is 5.91 Å². The third kappa shape index (κ3) is 4.92. The first-order valence-electron chi connectivity index (χ1n) is 4.44. The zero-order valence-corrected chi connectivity index (χ0v) is 9.43. The van der Waals surface area contributed by atoms with Crippen molar-refractivity contribution in [1.29, 1.82) is 5.53 Å². The van der Waals surface area contributed by atoms with Crippen molar-refractivity contribution in [2.45, 2.75) is 27.2 Å². The van der Waals surface area contributed by atoms with Gasteiger partial charge < -0.3 is 0 Å². The van der Waals surface area contributed by atoms with Crippen molar-refractivity contribution in [3.8, 4) is 0 Å². The molecule has 0 unspecified atom stereocenters. The maximum atomic E-state index is 11.1. The van der Waals surface area contributed by atoms with E-state index in [1.165, 1.54) is 0 Å². The zero-order chi connectivity index (χ0) is 11.1. The SMILES string of the molecule is C/C=C(\CC(Cl)=CC(C)C)C(=O)N=N. The number of nitrogens with zero attached hydrogens (tertiary/aromatic N) is 1. The van der Waals surface area contributed by atoms with Crippen LogP contribution in [0.3, 0.4) is 0 Å². The second kappa shape index (κ2) is 6.49. The van der Waals surface area contributed by atoms with Crippen molar-refractivity contribution in [2.75, 3.05) is 0 Å². The van der Waals surface area contributed by atoms with E-state index in [-0.39, 0.29) is 0 Å². The molecule has 0 fully saturated rings. The van der Waals surface area contributed by atoms with Crippen LogP contribution in [0, 0.1) is 11.4 Å². The van der Waals surface area contributed by atoms with Crippen LogP contribution in [0.1, 0.15) is 27.2 Å². The number of halogens is 1. The van der Waals surface area contributed by atoms with Gasteiger partial charge in [0.2, 0.25) is 0 Å². The monoisotopic (exact) mass is 214 g/mol. The van der Waals surface area contributed by atoms with Crippen molar-refractivity contribution >= 4 is 17.5 Å². The van der Waals surface area contributed by atoms with Crippen molar-refractivity contribution in [1.82, 2.24) is 0 Å². The van der Waals surface area contributed by atoms with Crippen LogP contribution in [0.5, 0.6) is 0 Å². The predicted octanol–water partition coefficient (Wildman–Crippen LogP) is 3.66. The Balaban J connectivity index is 4.49. The van der Waals surface area contributed by atoms with Crippen molar-refractivity contribution in [3.05, 3.63) is 22.8 Å². The molecular weight excluding hydrogens is 200 g/mol. The lowest BCUT2D eigenvalue weighted by molar-refractivity contribution is -0.115. The van der Waals surface area contributed by atoms with E-state index in [0.717, 1.165) is 0 Å². The van der Waals surface area contributed by atoms with Crippen molar-refractivity contribution in [2.24, 2.45) is 11.0 Å². The Morgan fingerprint density at radius 1 is 1.57 bits per heavy atom. The van der Waals surface area contributed by atoms with Crippen LogP contribution < -0.4 is 0 Å².